The van der Waals surface area contributed by atoms with E-state index < -0.39 is 6.09 Å². The van der Waals surface area contributed by atoms with Crippen molar-refractivity contribution in [1.82, 2.24) is 9.97 Å². The third kappa shape index (κ3) is 1.94. The number of hydrogen-bond acceptors (Lipinski definition) is 3. The molecule has 84 valence electrons. The van der Waals surface area contributed by atoms with E-state index in [1.807, 2.05) is 13.0 Å². The van der Waals surface area contributed by atoms with E-state index in [0.29, 0.717) is 16.5 Å². The van der Waals surface area contributed by atoms with Crippen molar-refractivity contribution in [3.05, 3.63) is 22.7 Å². The molecule has 0 aliphatic rings. The molecule has 0 aliphatic heterocycles. The monoisotopic (exact) mass is 239 g/mol. The summed E-state index contributed by atoms with van der Waals surface area (Å²) in [5.41, 5.74) is 2.46. The van der Waals surface area contributed by atoms with E-state index in [1.54, 1.807) is 6.07 Å². The summed E-state index contributed by atoms with van der Waals surface area (Å²) in [6, 6.07) is 3.61. The van der Waals surface area contributed by atoms with Crippen molar-refractivity contribution in [3.63, 3.8) is 0 Å². The summed E-state index contributed by atoms with van der Waals surface area (Å²) in [5, 5.41) is 3.09. The number of nitrogens with one attached hydrogen (secondary N) is 2. The molecular formula is C10H10ClN3O2. The van der Waals surface area contributed by atoms with E-state index in [1.165, 1.54) is 7.11 Å². The average molecular weight is 240 g/mol. The lowest BCUT2D eigenvalue weighted by Gasteiger charge is -1.97. The number of ether oxygens (including phenoxy) is 1. The smallest absolute Gasteiger partial charge is 0.413 e. The number of hydrogen-bond donors (Lipinski definition) is 2. The minimum atomic E-state index is -0.568. The molecule has 5 nitrogen and oxygen atoms in total. The van der Waals surface area contributed by atoms with Gasteiger partial charge in [0.25, 0.3) is 0 Å². The Kier molecular flexibility index (Phi) is 2.70. The first-order valence-electron chi connectivity index (χ1n) is 4.61. The van der Waals surface area contributed by atoms with Crippen LogP contribution >= 0.6 is 11.6 Å². The van der Waals surface area contributed by atoms with Crippen LogP contribution in [-0.4, -0.2) is 23.2 Å². The first-order chi connectivity index (χ1) is 7.60. The van der Waals surface area contributed by atoms with Gasteiger partial charge in [-0.25, -0.2) is 9.78 Å². The lowest BCUT2D eigenvalue weighted by Crippen LogP contribution is -2.11. The fourth-order valence-electron chi connectivity index (χ4n) is 1.35. The van der Waals surface area contributed by atoms with Gasteiger partial charge in [0.05, 0.1) is 18.1 Å². The molecule has 2 rings (SSSR count). The number of methoxy groups -OCH3 is 1. The molecule has 1 amide bonds. The second-order valence-corrected chi connectivity index (χ2v) is 3.73. The average Bonchev–Trinajstić information content (AvgIpc) is 2.60. The van der Waals surface area contributed by atoms with Gasteiger partial charge in [0.1, 0.15) is 0 Å². The van der Waals surface area contributed by atoms with Crippen molar-refractivity contribution >= 4 is 34.7 Å². The lowest BCUT2D eigenvalue weighted by atomic mass is 10.2. The standard InChI is InChI=1S/C10H10ClN3O2/c1-5-3-7-8(4-6(5)11)13-9(12-7)14-10(15)16-2/h3-4H,1-2H3,(H2,12,13,14,15). The summed E-state index contributed by atoms with van der Waals surface area (Å²) in [7, 11) is 1.29. The molecule has 0 spiro atoms. The molecule has 1 heterocycles. The predicted molar refractivity (Wildman–Crippen MR) is 61.9 cm³/mol. The molecule has 0 saturated carbocycles. The molecule has 6 heteroatoms. The molecule has 0 bridgehead atoms. The highest BCUT2D eigenvalue weighted by Gasteiger charge is 2.07. The molecule has 2 aromatic rings. The highest BCUT2D eigenvalue weighted by Crippen LogP contribution is 2.22. The fraction of sp³-hybridized carbons (Fsp3) is 0.200. The van der Waals surface area contributed by atoms with Gasteiger partial charge in [-0.1, -0.05) is 11.6 Å². The van der Waals surface area contributed by atoms with Crippen molar-refractivity contribution in [1.29, 1.82) is 0 Å². The summed E-state index contributed by atoms with van der Waals surface area (Å²) in [5.74, 6) is 0.337. The number of fused-ring (bicyclic) bond motifs is 1. The second kappa shape index (κ2) is 4.02. The normalized spacial score (nSPS) is 10.4. The van der Waals surface area contributed by atoms with Crippen molar-refractivity contribution in [2.75, 3.05) is 12.4 Å². The zero-order valence-electron chi connectivity index (χ0n) is 8.80. The zero-order chi connectivity index (χ0) is 11.7. The number of aryl methyl sites for hydroxylation is 1. The van der Waals surface area contributed by atoms with Gasteiger partial charge in [-0.3, -0.25) is 5.32 Å². The van der Waals surface area contributed by atoms with Crippen molar-refractivity contribution in [2.45, 2.75) is 6.92 Å². The van der Waals surface area contributed by atoms with Crippen molar-refractivity contribution < 1.29 is 9.53 Å². The Morgan fingerprint density at radius 2 is 2.31 bits per heavy atom. The SMILES string of the molecule is COC(=O)Nc1nc2cc(Cl)c(C)cc2[nH]1. The number of benzene rings is 1. The maximum absolute atomic E-state index is 11.0. The van der Waals surface area contributed by atoms with Gasteiger partial charge in [0, 0.05) is 5.02 Å². The predicted octanol–water partition coefficient (Wildman–Crippen LogP) is 2.70. The Labute approximate surface area is 96.8 Å². The molecule has 0 unspecified atom stereocenters. The van der Waals surface area contributed by atoms with Crippen molar-refractivity contribution in [3.8, 4) is 0 Å². The van der Waals surface area contributed by atoms with Crippen molar-refractivity contribution in [2.24, 2.45) is 0 Å². The van der Waals surface area contributed by atoms with E-state index in [4.69, 9.17) is 11.6 Å². The Hall–Kier alpha value is -1.75. The van der Waals surface area contributed by atoms with Crippen LogP contribution in [0, 0.1) is 6.92 Å². The van der Waals surface area contributed by atoms with Gasteiger partial charge in [0.2, 0.25) is 5.95 Å². The number of nitrogens with zero attached hydrogens (tertiary/aromatic N) is 1. The first kappa shape index (κ1) is 10.8. The van der Waals surface area contributed by atoms with Gasteiger partial charge in [-0.05, 0) is 24.6 Å². The fourth-order valence-corrected chi connectivity index (χ4v) is 1.50. The van der Waals surface area contributed by atoms with Gasteiger partial charge >= 0.3 is 6.09 Å². The van der Waals surface area contributed by atoms with Crippen LogP contribution < -0.4 is 5.32 Å². The summed E-state index contributed by atoms with van der Waals surface area (Å²) in [6.07, 6.45) is -0.568. The number of imidazole rings is 1. The molecule has 0 saturated heterocycles. The number of carbonyl (C=O) groups excluding carboxylic acids is 1. The molecule has 0 aliphatic carbocycles. The van der Waals surface area contributed by atoms with Gasteiger partial charge in [0.15, 0.2) is 0 Å². The van der Waals surface area contributed by atoms with Crippen LogP contribution in [0.3, 0.4) is 0 Å². The second-order valence-electron chi connectivity index (χ2n) is 3.32. The number of halogens is 1. The molecule has 2 N–H and O–H groups in total. The quantitative estimate of drug-likeness (QED) is 0.804. The van der Waals surface area contributed by atoms with Gasteiger partial charge in [-0.15, -0.1) is 0 Å². The number of rotatable bonds is 1. The topological polar surface area (TPSA) is 67.0 Å². The first-order valence-corrected chi connectivity index (χ1v) is 4.99. The summed E-state index contributed by atoms with van der Waals surface area (Å²) in [4.78, 5) is 18.1. The Morgan fingerprint density at radius 3 is 3.00 bits per heavy atom. The molecule has 1 aromatic heterocycles. The number of aromatic amines is 1. The van der Waals surface area contributed by atoms with E-state index in [0.717, 1.165) is 11.1 Å². The molecule has 0 fully saturated rings. The summed E-state index contributed by atoms with van der Waals surface area (Å²) < 4.78 is 4.46. The van der Waals surface area contributed by atoms with Crippen LogP contribution in [0.5, 0.6) is 0 Å². The molecule has 16 heavy (non-hydrogen) atoms. The third-order valence-electron chi connectivity index (χ3n) is 2.17. The molecule has 0 atom stereocenters. The minimum absolute atomic E-state index is 0.337. The van der Waals surface area contributed by atoms with E-state index >= 15 is 0 Å². The Morgan fingerprint density at radius 1 is 1.56 bits per heavy atom. The number of aromatic nitrogens is 2. The van der Waals surface area contributed by atoms with Gasteiger partial charge in [-0.2, -0.15) is 0 Å². The van der Waals surface area contributed by atoms with Crippen LogP contribution in [0.25, 0.3) is 11.0 Å². The number of anilines is 1. The summed E-state index contributed by atoms with van der Waals surface area (Å²) >= 11 is 5.96. The van der Waals surface area contributed by atoms with Crippen LogP contribution in [-0.2, 0) is 4.74 Å². The Balaban J connectivity index is 2.40. The van der Waals surface area contributed by atoms with Crippen LogP contribution in [0.15, 0.2) is 12.1 Å². The number of amides is 1. The number of H-pyrrole nitrogens is 1. The largest absolute Gasteiger partial charge is 0.453 e. The maximum atomic E-state index is 11.0. The highest BCUT2D eigenvalue weighted by atomic mass is 35.5. The molecule has 0 radical (unpaired) electrons. The lowest BCUT2D eigenvalue weighted by molar-refractivity contribution is 0.186. The summed E-state index contributed by atoms with van der Waals surface area (Å²) in [6.45, 7) is 1.90. The Bertz CT molecular complexity index is 511. The van der Waals surface area contributed by atoms with Crippen LogP contribution in [0.1, 0.15) is 5.56 Å². The van der Waals surface area contributed by atoms with Crippen LogP contribution in [0.4, 0.5) is 10.7 Å². The maximum Gasteiger partial charge on any atom is 0.413 e. The van der Waals surface area contributed by atoms with E-state index in [2.05, 4.69) is 20.0 Å². The molecular weight excluding hydrogens is 230 g/mol. The molecule has 1 aromatic carbocycles. The number of carbonyl (C=O) groups is 1. The van der Waals surface area contributed by atoms with Gasteiger partial charge < -0.3 is 9.72 Å². The third-order valence-corrected chi connectivity index (χ3v) is 2.58. The van der Waals surface area contributed by atoms with E-state index in [9.17, 15) is 4.79 Å². The minimum Gasteiger partial charge on any atom is -0.453 e. The van der Waals surface area contributed by atoms with E-state index in [-0.39, 0.29) is 0 Å². The zero-order valence-corrected chi connectivity index (χ0v) is 9.55. The highest BCUT2D eigenvalue weighted by molar-refractivity contribution is 6.32. The van der Waals surface area contributed by atoms with Crippen LogP contribution in [0.2, 0.25) is 5.02 Å².